The van der Waals surface area contributed by atoms with Crippen LogP contribution in [0.15, 0.2) is 0 Å². The summed E-state index contributed by atoms with van der Waals surface area (Å²) in [5, 5.41) is 9.36. The lowest BCUT2D eigenvalue weighted by atomic mass is 10.1. The molecular weight excluding hydrogens is 176 g/mol. The fourth-order valence-electron chi connectivity index (χ4n) is 1.76. The second-order valence-corrected chi connectivity index (χ2v) is 3.31. The number of aliphatic hydroxyl groups excluding tert-OH is 1. The van der Waals surface area contributed by atoms with Crippen molar-refractivity contribution in [3.63, 3.8) is 0 Å². The molecule has 2 rings (SSSR count). The van der Waals surface area contributed by atoms with E-state index < -0.39 is 6.10 Å². The fraction of sp³-hybridized carbons (Fsp3) is 0.875. The molecule has 4 atom stereocenters. The number of hydrogen-bond donors (Lipinski definition) is 1. The summed E-state index contributed by atoms with van der Waals surface area (Å²) in [5.74, 6) is -0.348. The fourth-order valence-corrected chi connectivity index (χ4v) is 1.76. The average molecular weight is 188 g/mol. The van der Waals surface area contributed by atoms with Crippen LogP contribution in [-0.4, -0.2) is 48.7 Å². The van der Waals surface area contributed by atoms with E-state index in [0.717, 1.165) is 0 Å². The van der Waals surface area contributed by atoms with Gasteiger partial charge >= 0.3 is 5.97 Å². The Labute approximate surface area is 75.6 Å². The zero-order valence-electron chi connectivity index (χ0n) is 7.30. The van der Waals surface area contributed by atoms with E-state index in [2.05, 4.69) is 0 Å². The van der Waals surface area contributed by atoms with Crippen molar-refractivity contribution in [3.8, 4) is 0 Å². The molecule has 74 valence electrons. The van der Waals surface area contributed by atoms with Crippen LogP contribution in [0, 0.1) is 0 Å². The Morgan fingerprint density at radius 2 is 2.08 bits per heavy atom. The Morgan fingerprint density at radius 1 is 1.38 bits per heavy atom. The van der Waals surface area contributed by atoms with Gasteiger partial charge in [-0.2, -0.15) is 0 Å². The average Bonchev–Trinajstić information content (AvgIpc) is 2.56. The number of aliphatic hydroxyl groups is 1. The van der Waals surface area contributed by atoms with Crippen LogP contribution >= 0.6 is 0 Å². The van der Waals surface area contributed by atoms with Gasteiger partial charge in [0.2, 0.25) is 0 Å². The maximum atomic E-state index is 10.7. The van der Waals surface area contributed by atoms with Crippen LogP contribution in [0.3, 0.4) is 0 Å². The first kappa shape index (κ1) is 8.93. The smallest absolute Gasteiger partial charge is 0.303 e. The van der Waals surface area contributed by atoms with E-state index in [4.69, 9.17) is 14.2 Å². The van der Waals surface area contributed by atoms with Gasteiger partial charge in [-0.3, -0.25) is 4.79 Å². The molecule has 0 aromatic carbocycles. The van der Waals surface area contributed by atoms with E-state index in [1.54, 1.807) is 0 Å². The standard InChI is InChI=1S/C8H12O5/c1-4(9)13-6-3-12-7-5(10)2-11-8(6)7/h5-8,10H,2-3H2,1H3/t5-,6?,7?,8?/m0/s1. The van der Waals surface area contributed by atoms with Gasteiger partial charge in [0, 0.05) is 6.92 Å². The molecule has 2 fully saturated rings. The molecule has 0 bridgehead atoms. The predicted molar refractivity (Wildman–Crippen MR) is 41.0 cm³/mol. The second-order valence-electron chi connectivity index (χ2n) is 3.31. The highest BCUT2D eigenvalue weighted by Gasteiger charge is 2.48. The Hall–Kier alpha value is -0.650. The molecule has 5 nitrogen and oxygen atoms in total. The largest absolute Gasteiger partial charge is 0.457 e. The summed E-state index contributed by atoms with van der Waals surface area (Å²) in [6.07, 6.45) is -1.58. The lowest BCUT2D eigenvalue weighted by Gasteiger charge is -2.14. The predicted octanol–water partition coefficient (Wildman–Crippen LogP) is -0.923. The number of esters is 1. The summed E-state index contributed by atoms with van der Waals surface area (Å²) in [6.45, 7) is 1.91. The summed E-state index contributed by atoms with van der Waals surface area (Å²) >= 11 is 0. The van der Waals surface area contributed by atoms with Crippen molar-refractivity contribution in [3.05, 3.63) is 0 Å². The van der Waals surface area contributed by atoms with Gasteiger partial charge in [-0.1, -0.05) is 0 Å². The summed E-state index contributed by atoms with van der Waals surface area (Å²) < 4.78 is 15.5. The molecule has 0 aromatic rings. The first-order chi connectivity index (χ1) is 6.18. The topological polar surface area (TPSA) is 65.0 Å². The number of hydrogen-bond acceptors (Lipinski definition) is 5. The number of rotatable bonds is 1. The highest BCUT2D eigenvalue weighted by atomic mass is 16.6. The van der Waals surface area contributed by atoms with Crippen LogP contribution in [0.4, 0.5) is 0 Å². The Morgan fingerprint density at radius 3 is 2.77 bits per heavy atom. The summed E-state index contributed by atoms with van der Waals surface area (Å²) in [5.41, 5.74) is 0. The Bertz CT molecular complexity index is 217. The minimum atomic E-state index is -0.592. The van der Waals surface area contributed by atoms with Crippen molar-refractivity contribution in [1.82, 2.24) is 0 Å². The van der Waals surface area contributed by atoms with Crippen molar-refractivity contribution < 1.29 is 24.1 Å². The first-order valence-electron chi connectivity index (χ1n) is 4.27. The SMILES string of the molecule is CC(=O)OC1COC2C1OC[C@@H]2O. The van der Waals surface area contributed by atoms with E-state index in [1.807, 2.05) is 0 Å². The molecule has 0 aliphatic carbocycles. The van der Waals surface area contributed by atoms with E-state index in [9.17, 15) is 9.90 Å². The summed E-state index contributed by atoms with van der Waals surface area (Å²) in [4.78, 5) is 10.7. The highest BCUT2D eigenvalue weighted by molar-refractivity contribution is 5.66. The Balaban J connectivity index is 1.98. The lowest BCUT2D eigenvalue weighted by Crippen LogP contribution is -2.33. The molecule has 0 amide bonds. The maximum Gasteiger partial charge on any atom is 0.303 e. The van der Waals surface area contributed by atoms with E-state index in [1.165, 1.54) is 6.92 Å². The molecule has 0 radical (unpaired) electrons. The van der Waals surface area contributed by atoms with Crippen molar-refractivity contribution in [1.29, 1.82) is 0 Å². The molecule has 0 aromatic heterocycles. The van der Waals surface area contributed by atoms with Crippen LogP contribution in [0.1, 0.15) is 6.92 Å². The van der Waals surface area contributed by atoms with Crippen LogP contribution in [0.2, 0.25) is 0 Å². The van der Waals surface area contributed by atoms with Gasteiger partial charge in [0.05, 0.1) is 13.2 Å². The number of ether oxygens (including phenoxy) is 3. The molecule has 0 spiro atoms. The van der Waals surface area contributed by atoms with Gasteiger partial charge in [0.1, 0.15) is 18.3 Å². The third-order valence-electron chi connectivity index (χ3n) is 2.30. The minimum absolute atomic E-state index is 0.257. The monoisotopic (exact) mass is 188 g/mol. The summed E-state index contributed by atoms with van der Waals surface area (Å²) in [7, 11) is 0. The quantitative estimate of drug-likeness (QED) is 0.539. The van der Waals surface area contributed by atoms with E-state index >= 15 is 0 Å². The molecule has 1 N–H and O–H groups in total. The van der Waals surface area contributed by atoms with Gasteiger partial charge in [0.25, 0.3) is 0 Å². The van der Waals surface area contributed by atoms with E-state index in [0.29, 0.717) is 6.61 Å². The zero-order valence-corrected chi connectivity index (χ0v) is 7.30. The van der Waals surface area contributed by atoms with Gasteiger partial charge in [-0.25, -0.2) is 0 Å². The Kier molecular flexibility index (Phi) is 2.23. The second kappa shape index (κ2) is 3.25. The molecule has 2 saturated heterocycles. The number of fused-ring (bicyclic) bond motifs is 1. The lowest BCUT2D eigenvalue weighted by molar-refractivity contribution is -0.151. The normalized spacial score (nSPS) is 43.2. The first-order valence-corrected chi connectivity index (χ1v) is 4.27. The maximum absolute atomic E-state index is 10.7. The third kappa shape index (κ3) is 1.54. The van der Waals surface area contributed by atoms with Gasteiger partial charge in [-0.15, -0.1) is 0 Å². The number of carbonyl (C=O) groups is 1. The molecule has 2 aliphatic heterocycles. The zero-order chi connectivity index (χ0) is 9.42. The van der Waals surface area contributed by atoms with Crippen molar-refractivity contribution in [2.45, 2.75) is 31.3 Å². The molecule has 2 aliphatic rings. The molecule has 13 heavy (non-hydrogen) atoms. The van der Waals surface area contributed by atoms with Crippen molar-refractivity contribution in [2.24, 2.45) is 0 Å². The van der Waals surface area contributed by atoms with E-state index in [-0.39, 0.29) is 30.9 Å². The van der Waals surface area contributed by atoms with Crippen LogP contribution in [0.5, 0.6) is 0 Å². The molecule has 5 heteroatoms. The minimum Gasteiger partial charge on any atom is -0.457 e. The number of carbonyl (C=O) groups excluding carboxylic acids is 1. The van der Waals surface area contributed by atoms with Crippen LogP contribution in [-0.2, 0) is 19.0 Å². The van der Waals surface area contributed by atoms with Crippen LogP contribution < -0.4 is 0 Å². The highest BCUT2D eigenvalue weighted by Crippen LogP contribution is 2.28. The van der Waals surface area contributed by atoms with Gasteiger partial charge in [0.15, 0.2) is 6.10 Å². The summed E-state index contributed by atoms with van der Waals surface area (Å²) in [6, 6.07) is 0. The van der Waals surface area contributed by atoms with Crippen molar-refractivity contribution in [2.75, 3.05) is 13.2 Å². The molecule has 0 saturated carbocycles. The molecule has 3 unspecified atom stereocenters. The molecular formula is C8H12O5. The van der Waals surface area contributed by atoms with Gasteiger partial charge < -0.3 is 19.3 Å². The molecule has 2 heterocycles. The third-order valence-corrected chi connectivity index (χ3v) is 2.30. The van der Waals surface area contributed by atoms with Crippen molar-refractivity contribution >= 4 is 5.97 Å². The van der Waals surface area contributed by atoms with Crippen LogP contribution in [0.25, 0.3) is 0 Å². The van der Waals surface area contributed by atoms with Gasteiger partial charge in [-0.05, 0) is 0 Å².